The molecule has 0 aromatic heterocycles. The summed E-state index contributed by atoms with van der Waals surface area (Å²) in [5.74, 6) is -2.67. The van der Waals surface area contributed by atoms with Gasteiger partial charge in [-0.25, -0.2) is 0 Å². The number of nitrogens with zero attached hydrogens (tertiary/aromatic N) is 2. The van der Waals surface area contributed by atoms with Gasteiger partial charge in [0.1, 0.15) is 6.04 Å². The Morgan fingerprint density at radius 1 is 0.956 bits per heavy atom. The average Bonchev–Trinajstić information content (AvgIpc) is 3.52. The van der Waals surface area contributed by atoms with E-state index in [9.17, 15) is 27.9 Å². The number of benzene rings is 3. The second kappa shape index (κ2) is 14.1. The van der Waals surface area contributed by atoms with E-state index in [2.05, 4.69) is 29.3 Å². The van der Waals surface area contributed by atoms with Crippen molar-refractivity contribution in [1.29, 1.82) is 0 Å². The van der Waals surface area contributed by atoms with Crippen molar-refractivity contribution in [3.63, 3.8) is 0 Å². The number of nitrogens with one attached hydrogen (secondary N) is 1. The van der Waals surface area contributed by atoms with Crippen LogP contribution in [0.5, 0.6) is 0 Å². The van der Waals surface area contributed by atoms with Crippen molar-refractivity contribution < 1.29 is 37.3 Å². The minimum absolute atomic E-state index is 0.00761. The van der Waals surface area contributed by atoms with Crippen LogP contribution in [0.3, 0.4) is 0 Å². The Balaban J connectivity index is 1.31. The van der Waals surface area contributed by atoms with Crippen LogP contribution in [0.25, 0.3) is 0 Å². The largest absolute Gasteiger partial charge is 0.471 e. The fourth-order valence-corrected chi connectivity index (χ4v) is 5.99. The summed E-state index contributed by atoms with van der Waals surface area (Å²) in [5, 5.41) is 12.2. The van der Waals surface area contributed by atoms with Crippen molar-refractivity contribution in [2.75, 3.05) is 25.5 Å². The number of likely N-dealkylation sites (N-methyl/N-ethyl adjacent to an activating group) is 1. The standard InChI is InChI=1S/C34H38F3N3O5/c1-22-29(20-39(2)19-23-7-4-3-5-8-23)44-32(45-30(22)25-12-10-24(21-41)11-13-25)26-14-16-27(17-15-26)38-31(42)28-9-6-18-40(28)33(43)34(35,36)37/h3-5,7-8,10-17,22,28-30,32,41H,6,9,18-21H2,1-2H3,(H,38,42)/t22-,28-,29+,30+,32+/m0/s1. The van der Waals surface area contributed by atoms with Crippen LogP contribution in [0.4, 0.5) is 18.9 Å². The van der Waals surface area contributed by atoms with Crippen LogP contribution in [-0.4, -0.2) is 65.2 Å². The Hall–Kier alpha value is -3.77. The normalized spacial score (nSPS) is 23.7. The minimum atomic E-state index is -5.03. The maximum atomic E-state index is 13.0. The van der Waals surface area contributed by atoms with Crippen molar-refractivity contribution >= 4 is 17.5 Å². The van der Waals surface area contributed by atoms with Crippen LogP contribution < -0.4 is 5.32 Å². The van der Waals surface area contributed by atoms with Gasteiger partial charge in [-0.2, -0.15) is 13.2 Å². The number of likely N-dealkylation sites (tertiary alicyclic amines) is 1. The molecule has 3 aromatic rings. The first-order valence-electron chi connectivity index (χ1n) is 15.0. The van der Waals surface area contributed by atoms with Crippen molar-refractivity contribution in [3.8, 4) is 0 Å². The van der Waals surface area contributed by atoms with Crippen LogP contribution in [0.15, 0.2) is 78.9 Å². The predicted molar refractivity (Wildman–Crippen MR) is 162 cm³/mol. The molecule has 2 N–H and O–H groups in total. The Kier molecular flexibility index (Phi) is 10.2. The summed E-state index contributed by atoms with van der Waals surface area (Å²) in [5.41, 5.74) is 4.04. The summed E-state index contributed by atoms with van der Waals surface area (Å²) in [6.45, 7) is 3.31. The smallest absolute Gasteiger partial charge is 0.392 e. The first-order chi connectivity index (χ1) is 21.5. The lowest BCUT2D eigenvalue weighted by atomic mass is 9.90. The molecule has 0 radical (unpaired) electrons. The van der Waals surface area contributed by atoms with Crippen LogP contribution >= 0.6 is 0 Å². The van der Waals surface area contributed by atoms with Gasteiger partial charge in [0.25, 0.3) is 0 Å². The van der Waals surface area contributed by atoms with Gasteiger partial charge < -0.3 is 24.8 Å². The lowest BCUT2D eigenvalue weighted by Crippen LogP contribution is -2.48. The van der Waals surface area contributed by atoms with E-state index in [1.165, 1.54) is 5.56 Å². The zero-order valence-electron chi connectivity index (χ0n) is 25.2. The fraction of sp³-hybridized carbons (Fsp3) is 0.412. The lowest BCUT2D eigenvalue weighted by molar-refractivity contribution is -0.276. The van der Waals surface area contributed by atoms with E-state index in [1.807, 2.05) is 49.5 Å². The molecule has 45 heavy (non-hydrogen) atoms. The van der Waals surface area contributed by atoms with Gasteiger partial charge in [0.15, 0.2) is 6.29 Å². The van der Waals surface area contributed by atoms with Gasteiger partial charge in [0, 0.05) is 36.8 Å². The molecule has 11 heteroatoms. The zero-order valence-corrected chi connectivity index (χ0v) is 25.2. The van der Waals surface area contributed by atoms with E-state index in [0.29, 0.717) is 29.1 Å². The number of aliphatic hydroxyl groups is 1. The molecule has 0 bridgehead atoms. The number of hydrogen-bond donors (Lipinski definition) is 2. The molecular weight excluding hydrogens is 587 g/mol. The number of hydrogen-bond acceptors (Lipinski definition) is 6. The number of halogens is 3. The molecule has 5 rings (SSSR count). The highest BCUT2D eigenvalue weighted by Gasteiger charge is 2.47. The Bertz CT molecular complexity index is 1440. The topological polar surface area (TPSA) is 91.3 Å². The first kappa shape index (κ1) is 32.6. The van der Waals surface area contributed by atoms with Crippen LogP contribution in [0.2, 0.25) is 0 Å². The molecule has 5 atom stereocenters. The molecule has 2 saturated heterocycles. The monoisotopic (exact) mass is 625 g/mol. The summed E-state index contributed by atoms with van der Waals surface area (Å²) >= 11 is 0. The molecule has 3 aromatic carbocycles. The molecular formula is C34H38F3N3O5. The van der Waals surface area contributed by atoms with Gasteiger partial charge in [-0.3, -0.25) is 14.5 Å². The summed E-state index contributed by atoms with van der Waals surface area (Å²) in [7, 11) is 2.05. The number of ether oxygens (including phenoxy) is 2. The van der Waals surface area contributed by atoms with E-state index in [1.54, 1.807) is 24.3 Å². The number of aliphatic hydroxyl groups excluding tert-OH is 1. The number of rotatable bonds is 9. The molecule has 0 aliphatic carbocycles. The molecule has 240 valence electrons. The van der Waals surface area contributed by atoms with Crippen molar-refractivity contribution in [1.82, 2.24) is 9.80 Å². The molecule has 2 aliphatic rings. The van der Waals surface area contributed by atoms with Crippen molar-refractivity contribution in [2.24, 2.45) is 5.92 Å². The Morgan fingerprint density at radius 3 is 2.27 bits per heavy atom. The number of anilines is 1. The van der Waals surface area contributed by atoms with Gasteiger partial charge in [-0.05, 0) is 48.7 Å². The summed E-state index contributed by atoms with van der Waals surface area (Å²) in [4.78, 5) is 27.5. The van der Waals surface area contributed by atoms with Crippen LogP contribution in [0, 0.1) is 5.92 Å². The van der Waals surface area contributed by atoms with Gasteiger partial charge in [0.05, 0.1) is 18.8 Å². The maximum Gasteiger partial charge on any atom is 0.471 e. The zero-order chi connectivity index (χ0) is 32.1. The first-order valence-corrected chi connectivity index (χ1v) is 15.0. The van der Waals surface area contributed by atoms with E-state index in [4.69, 9.17) is 9.47 Å². The van der Waals surface area contributed by atoms with Crippen LogP contribution in [0.1, 0.15) is 54.4 Å². The second-order valence-corrected chi connectivity index (χ2v) is 11.8. The summed E-state index contributed by atoms with van der Waals surface area (Å²) in [6.07, 6.45) is -5.77. The van der Waals surface area contributed by atoms with Gasteiger partial charge in [-0.1, -0.05) is 73.7 Å². The third-order valence-electron chi connectivity index (χ3n) is 8.42. The molecule has 2 aliphatic heterocycles. The number of alkyl halides is 3. The number of carbonyl (C=O) groups is 2. The Morgan fingerprint density at radius 2 is 1.62 bits per heavy atom. The molecule has 0 unspecified atom stereocenters. The molecule has 8 nitrogen and oxygen atoms in total. The number of amides is 2. The highest BCUT2D eigenvalue weighted by Crippen LogP contribution is 2.42. The SMILES string of the molecule is C[C@H]1[C@@H](CN(C)Cc2ccccc2)O[C@@H](c2ccc(NC(=O)[C@@H]3CCCN3C(=O)C(F)(F)F)cc2)O[C@H]1c1ccc(CO)cc1. The van der Waals surface area contributed by atoms with Crippen molar-refractivity contribution in [3.05, 3.63) is 101 Å². The number of carbonyl (C=O) groups excluding carboxylic acids is 2. The molecule has 2 fully saturated rings. The summed E-state index contributed by atoms with van der Waals surface area (Å²) in [6, 6.07) is 23.4. The van der Waals surface area contributed by atoms with E-state index < -0.39 is 30.3 Å². The fourth-order valence-electron chi connectivity index (χ4n) is 5.99. The van der Waals surface area contributed by atoms with Crippen LogP contribution in [-0.2, 0) is 32.2 Å². The van der Waals surface area contributed by atoms with Gasteiger partial charge in [0.2, 0.25) is 5.91 Å². The third-order valence-corrected chi connectivity index (χ3v) is 8.42. The predicted octanol–water partition coefficient (Wildman–Crippen LogP) is 5.59. The van der Waals surface area contributed by atoms with Gasteiger partial charge >= 0.3 is 12.1 Å². The highest BCUT2D eigenvalue weighted by atomic mass is 19.4. The summed E-state index contributed by atoms with van der Waals surface area (Å²) < 4.78 is 52.1. The average molecular weight is 626 g/mol. The quantitative estimate of drug-likeness (QED) is 0.322. The van der Waals surface area contributed by atoms with E-state index in [-0.39, 0.29) is 37.7 Å². The Labute approximate surface area is 260 Å². The highest BCUT2D eigenvalue weighted by molar-refractivity contribution is 5.98. The second-order valence-electron chi connectivity index (χ2n) is 11.8. The molecule has 2 amide bonds. The molecule has 2 heterocycles. The van der Waals surface area contributed by atoms with Gasteiger partial charge in [-0.15, -0.1) is 0 Å². The lowest BCUT2D eigenvalue weighted by Gasteiger charge is -2.42. The maximum absolute atomic E-state index is 13.0. The van der Waals surface area contributed by atoms with Crippen molar-refractivity contribution in [2.45, 2.75) is 63.6 Å². The third kappa shape index (κ3) is 7.91. The van der Waals surface area contributed by atoms with E-state index in [0.717, 1.165) is 17.7 Å². The molecule has 0 spiro atoms. The van der Waals surface area contributed by atoms with E-state index >= 15 is 0 Å². The minimum Gasteiger partial charge on any atom is -0.392 e. The molecule has 0 saturated carbocycles.